The monoisotopic (exact) mass is 439 g/mol. The lowest BCUT2D eigenvalue weighted by atomic mass is 9.81. The second-order valence-corrected chi connectivity index (χ2v) is 8.28. The molecular weight excluding hydrogens is 410 g/mol. The van der Waals surface area contributed by atoms with Crippen LogP contribution in [0.2, 0.25) is 0 Å². The number of amides is 1. The van der Waals surface area contributed by atoms with Crippen LogP contribution < -0.4 is 15.7 Å². The molecule has 4 rings (SSSR count). The molecule has 1 aromatic carbocycles. The van der Waals surface area contributed by atoms with Gasteiger partial charge in [0.1, 0.15) is 12.4 Å². The summed E-state index contributed by atoms with van der Waals surface area (Å²) >= 11 is 0. The van der Waals surface area contributed by atoms with E-state index in [2.05, 4.69) is 15.5 Å². The van der Waals surface area contributed by atoms with Gasteiger partial charge in [0.15, 0.2) is 0 Å². The number of nitrogens with one attached hydrogen (secondary N) is 1. The van der Waals surface area contributed by atoms with E-state index < -0.39 is 0 Å². The van der Waals surface area contributed by atoms with E-state index in [1.165, 1.54) is 0 Å². The van der Waals surface area contributed by atoms with Crippen LogP contribution in [0.15, 0.2) is 41.5 Å². The van der Waals surface area contributed by atoms with Crippen LogP contribution >= 0.6 is 0 Å². The molecule has 0 aliphatic heterocycles. The molecule has 1 aliphatic rings. The van der Waals surface area contributed by atoms with Crippen LogP contribution in [0.5, 0.6) is 5.75 Å². The van der Waals surface area contributed by atoms with Gasteiger partial charge in [-0.1, -0.05) is 0 Å². The Balaban J connectivity index is 1.41. The molecule has 32 heavy (non-hydrogen) atoms. The molecular formula is C23H29N5O4. The number of fused-ring (bicyclic) bond motifs is 1. The number of anilines is 1. The normalized spacial score (nSPS) is 18.6. The molecule has 2 aromatic heterocycles. The molecule has 0 bridgehead atoms. The maximum absolute atomic E-state index is 12.9. The topological polar surface area (TPSA) is 100 Å². The van der Waals surface area contributed by atoms with Crippen LogP contribution in [0, 0.1) is 11.8 Å². The summed E-state index contributed by atoms with van der Waals surface area (Å²) in [6, 6.07) is 7.46. The zero-order valence-electron chi connectivity index (χ0n) is 18.5. The first-order chi connectivity index (χ1) is 15.6. The molecule has 1 N–H and O–H groups in total. The summed E-state index contributed by atoms with van der Waals surface area (Å²) in [7, 11) is 3.43. The van der Waals surface area contributed by atoms with E-state index in [1.807, 2.05) is 22.8 Å². The molecule has 1 amide bonds. The third kappa shape index (κ3) is 4.83. The van der Waals surface area contributed by atoms with Crippen LogP contribution in [-0.2, 0) is 23.1 Å². The van der Waals surface area contributed by atoms with Crippen molar-refractivity contribution >= 4 is 22.6 Å². The van der Waals surface area contributed by atoms with Crippen molar-refractivity contribution in [1.29, 1.82) is 0 Å². The predicted molar refractivity (Wildman–Crippen MR) is 121 cm³/mol. The van der Waals surface area contributed by atoms with Crippen molar-refractivity contribution in [3.8, 4) is 5.75 Å². The molecule has 1 aliphatic carbocycles. The number of carbonyl (C=O) groups excluding carboxylic acids is 1. The summed E-state index contributed by atoms with van der Waals surface area (Å²) in [4.78, 5) is 25.5. The van der Waals surface area contributed by atoms with Crippen molar-refractivity contribution in [1.82, 2.24) is 19.3 Å². The van der Waals surface area contributed by atoms with Gasteiger partial charge in [-0.3, -0.25) is 13.9 Å². The number of benzene rings is 1. The van der Waals surface area contributed by atoms with Crippen LogP contribution in [0.1, 0.15) is 25.7 Å². The fraction of sp³-hybridized carbons (Fsp3) is 0.478. The average Bonchev–Trinajstić information content (AvgIpc) is 3.05. The summed E-state index contributed by atoms with van der Waals surface area (Å²) < 4.78 is 14.3. The zero-order chi connectivity index (χ0) is 22.5. The maximum atomic E-state index is 12.9. The average molecular weight is 440 g/mol. The third-order valence-electron chi connectivity index (χ3n) is 6.18. The molecule has 0 radical (unpaired) electrons. The Hall–Kier alpha value is -3.20. The Morgan fingerprint density at radius 2 is 1.94 bits per heavy atom. The van der Waals surface area contributed by atoms with Gasteiger partial charge in [0, 0.05) is 32.7 Å². The molecule has 9 heteroatoms. The van der Waals surface area contributed by atoms with E-state index in [0.717, 1.165) is 42.5 Å². The van der Waals surface area contributed by atoms with E-state index in [0.29, 0.717) is 31.4 Å². The van der Waals surface area contributed by atoms with E-state index in [9.17, 15) is 9.59 Å². The fourth-order valence-electron chi connectivity index (χ4n) is 4.37. The second kappa shape index (κ2) is 9.95. The number of hydrogen-bond donors (Lipinski definition) is 1. The maximum Gasteiger partial charge on any atom is 0.328 e. The smallest absolute Gasteiger partial charge is 0.328 e. The van der Waals surface area contributed by atoms with Gasteiger partial charge in [-0.05, 0) is 49.8 Å². The number of aromatic nitrogens is 4. The van der Waals surface area contributed by atoms with Crippen molar-refractivity contribution in [3.63, 3.8) is 0 Å². The van der Waals surface area contributed by atoms with Gasteiger partial charge in [-0.2, -0.15) is 10.2 Å². The van der Waals surface area contributed by atoms with E-state index in [-0.39, 0.29) is 17.5 Å². The Kier molecular flexibility index (Phi) is 6.84. The number of imidazole rings is 1. The Labute approximate surface area is 186 Å². The van der Waals surface area contributed by atoms with E-state index in [1.54, 1.807) is 37.2 Å². The lowest BCUT2D eigenvalue weighted by Gasteiger charge is -2.28. The van der Waals surface area contributed by atoms with Gasteiger partial charge in [-0.25, -0.2) is 4.79 Å². The summed E-state index contributed by atoms with van der Waals surface area (Å²) in [5.74, 6) is 1.07. The molecule has 0 unspecified atom stereocenters. The number of methoxy groups -OCH3 is 1. The molecule has 3 aromatic rings. The van der Waals surface area contributed by atoms with Gasteiger partial charge in [-0.15, -0.1) is 0 Å². The minimum atomic E-state index is -0.0286. The summed E-state index contributed by atoms with van der Waals surface area (Å²) in [5.41, 5.74) is 2.39. The van der Waals surface area contributed by atoms with Gasteiger partial charge in [0.25, 0.3) is 0 Å². The van der Waals surface area contributed by atoms with Gasteiger partial charge in [0.05, 0.1) is 35.7 Å². The number of carbonyl (C=O) groups is 1. The van der Waals surface area contributed by atoms with Crippen molar-refractivity contribution in [2.45, 2.75) is 32.2 Å². The molecule has 2 heterocycles. The van der Waals surface area contributed by atoms with Crippen LogP contribution in [-0.4, -0.2) is 45.6 Å². The van der Waals surface area contributed by atoms with Crippen LogP contribution in [0.25, 0.3) is 11.0 Å². The minimum Gasteiger partial charge on any atom is -0.491 e. The highest BCUT2D eigenvalue weighted by Gasteiger charge is 2.27. The van der Waals surface area contributed by atoms with Gasteiger partial charge in [0.2, 0.25) is 5.91 Å². The second-order valence-electron chi connectivity index (χ2n) is 8.28. The summed E-state index contributed by atoms with van der Waals surface area (Å²) in [6.45, 7) is 1.61. The van der Waals surface area contributed by atoms with E-state index in [4.69, 9.17) is 9.47 Å². The SMILES string of the molecule is COCCOc1ccc2c(c1)n(CC1CCC(C(=O)Nc3ccnnc3)CC1)c(=O)n2C. The first-order valence-electron chi connectivity index (χ1n) is 11.0. The number of aryl methyl sites for hydroxylation is 1. The Morgan fingerprint density at radius 1 is 1.12 bits per heavy atom. The first kappa shape index (κ1) is 22.0. The predicted octanol–water partition coefficient (Wildman–Crippen LogP) is 2.60. The summed E-state index contributed by atoms with van der Waals surface area (Å²) in [6.07, 6.45) is 6.52. The molecule has 0 spiro atoms. The van der Waals surface area contributed by atoms with Crippen molar-refractivity contribution in [2.75, 3.05) is 25.6 Å². The molecule has 0 atom stereocenters. The lowest BCUT2D eigenvalue weighted by molar-refractivity contribution is -0.121. The fourth-order valence-corrected chi connectivity index (χ4v) is 4.37. The van der Waals surface area contributed by atoms with Crippen molar-refractivity contribution in [2.24, 2.45) is 18.9 Å². The number of hydrogen-bond acceptors (Lipinski definition) is 6. The largest absolute Gasteiger partial charge is 0.491 e. The molecule has 1 fully saturated rings. The van der Waals surface area contributed by atoms with Gasteiger partial charge < -0.3 is 14.8 Å². The number of ether oxygens (including phenoxy) is 2. The number of nitrogens with zero attached hydrogens (tertiary/aromatic N) is 4. The molecule has 170 valence electrons. The van der Waals surface area contributed by atoms with Crippen molar-refractivity contribution in [3.05, 3.63) is 47.1 Å². The number of rotatable bonds is 8. The Bertz CT molecular complexity index is 1120. The first-order valence-corrected chi connectivity index (χ1v) is 11.0. The molecule has 9 nitrogen and oxygen atoms in total. The standard InChI is InChI=1S/C23H29N5O4/c1-27-20-8-7-19(32-12-11-31-2)13-21(20)28(23(27)30)15-16-3-5-17(6-4-16)22(29)26-18-9-10-24-25-14-18/h7-10,13-14,16-17H,3-6,11-12,15H2,1-2H3,(H,24,26,29). The van der Waals surface area contributed by atoms with Crippen LogP contribution in [0.4, 0.5) is 5.69 Å². The third-order valence-corrected chi connectivity index (χ3v) is 6.18. The highest BCUT2D eigenvalue weighted by Crippen LogP contribution is 2.31. The Morgan fingerprint density at radius 3 is 2.66 bits per heavy atom. The summed E-state index contributed by atoms with van der Waals surface area (Å²) in [5, 5.41) is 10.4. The van der Waals surface area contributed by atoms with Gasteiger partial charge >= 0.3 is 5.69 Å². The van der Waals surface area contributed by atoms with Crippen molar-refractivity contribution < 1.29 is 14.3 Å². The minimum absolute atomic E-state index is 0.0237. The molecule has 1 saturated carbocycles. The zero-order valence-corrected chi connectivity index (χ0v) is 18.5. The highest BCUT2D eigenvalue weighted by atomic mass is 16.5. The quantitative estimate of drug-likeness (QED) is 0.542. The molecule has 0 saturated heterocycles. The lowest BCUT2D eigenvalue weighted by Crippen LogP contribution is -2.30. The van der Waals surface area contributed by atoms with Crippen LogP contribution in [0.3, 0.4) is 0 Å². The van der Waals surface area contributed by atoms with E-state index >= 15 is 0 Å². The highest BCUT2D eigenvalue weighted by molar-refractivity contribution is 5.92.